The Balaban J connectivity index is 2.00. The number of carbonyl (C=O) groups excluding carboxylic acids is 1. The quantitative estimate of drug-likeness (QED) is 0.793. The van der Waals surface area contributed by atoms with Crippen molar-refractivity contribution in [3.63, 3.8) is 0 Å². The minimum atomic E-state index is -0.277. The van der Waals surface area contributed by atoms with E-state index in [-0.39, 0.29) is 18.4 Å². The Morgan fingerprint density at radius 1 is 1.10 bits per heavy atom. The molecule has 0 spiro atoms. The number of anilines is 1. The molecule has 0 aliphatic carbocycles. The largest absolute Gasteiger partial charge is 0.396 e. The minimum Gasteiger partial charge on any atom is -0.396 e. The number of rotatable bonds is 6. The van der Waals surface area contributed by atoms with Gasteiger partial charge in [-0.05, 0) is 31.0 Å². The molecule has 2 rings (SSSR count). The SMILES string of the molecule is CC(Nc1ccc(CCO)cc1)C(=O)c1ccccc1. The van der Waals surface area contributed by atoms with Crippen LogP contribution in [0.15, 0.2) is 54.6 Å². The summed E-state index contributed by atoms with van der Waals surface area (Å²) in [5.74, 6) is 0.0741. The van der Waals surface area contributed by atoms with E-state index in [1.54, 1.807) is 0 Å². The van der Waals surface area contributed by atoms with Crippen LogP contribution in [0.3, 0.4) is 0 Å². The fourth-order valence-corrected chi connectivity index (χ4v) is 2.06. The van der Waals surface area contributed by atoms with Crippen molar-refractivity contribution in [2.75, 3.05) is 11.9 Å². The number of aliphatic hydroxyl groups excluding tert-OH is 1. The lowest BCUT2D eigenvalue weighted by Crippen LogP contribution is -2.26. The molecule has 0 saturated heterocycles. The molecule has 0 heterocycles. The molecule has 2 aromatic carbocycles. The van der Waals surface area contributed by atoms with Gasteiger partial charge in [0.2, 0.25) is 0 Å². The van der Waals surface area contributed by atoms with Crippen LogP contribution in [-0.2, 0) is 6.42 Å². The van der Waals surface area contributed by atoms with Gasteiger partial charge in [-0.2, -0.15) is 0 Å². The highest BCUT2D eigenvalue weighted by atomic mass is 16.2. The van der Waals surface area contributed by atoms with Gasteiger partial charge in [-0.15, -0.1) is 0 Å². The summed E-state index contributed by atoms with van der Waals surface area (Å²) in [5.41, 5.74) is 2.70. The van der Waals surface area contributed by atoms with Crippen LogP contribution < -0.4 is 5.32 Å². The molecule has 1 unspecified atom stereocenters. The molecule has 0 amide bonds. The Hall–Kier alpha value is -2.13. The predicted molar refractivity (Wildman–Crippen MR) is 81.1 cm³/mol. The molecular weight excluding hydrogens is 250 g/mol. The first kappa shape index (κ1) is 14.3. The molecule has 0 fully saturated rings. The first-order valence-corrected chi connectivity index (χ1v) is 6.76. The van der Waals surface area contributed by atoms with Crippen LogP contribution in [0.2, 0.25) is 0 Å². The molecule has 20 heavy (non-hydrogen) atoms. The zero-order chi connectivity index (χ0) is 14.4. The average Bonchev–Trinajstić information content (AvgIpc) is 2.49. The van der Waals surface area contributed by atoms with E-state index in [9.17, 15) is 4.79 Å². The van der Waals surface area contributed by atoms with E-state index < -0.39 is 0 Å². The highest BCUT2D eigenvalue weighted by Crippen LogP contribution is 2.13. The number of Topliss-reactive ketones (excluding diaryl/α,β-unsaturated/α-hetero) is 1. The average molecular weight is 269 g/mol. The van der Waals surface area contributed by atoms with E-state index in [1.165, 1.54) is 0 Å². The van der Waals surface area contributed by atoms with Crippen molar-refractivity contribution in [1.82, 2.24) is 0 Å². The van der Waals surface area contributed by atoms with Crippen LogP contribution in [0.25, 0.3) is 0 Å². The first-order valence-electron chi connectivity index (χ1n) is 6.76. The molecule has 0 aliphatic rings. The van der Waals surface area contributed by atoms with Gasteiger partial charge >= 0.3 is 0 Å². The Morgan fingerprint density at radius 2 is 1.75 bits per heavy atom. The Bertz CT molecular complexity index is 549. The van der Waals surface area contributed by atoms with Crippen LogP contribution in [0.4, 0.5) is 5.69 Å². The number of carbonyl (C=O) groups is 1. The van der Waals surface area contributed by atoms with Crippen molar-refractivity contribution in [3.05, 3.63) is 65.7 Å². The monoisotopic (exact) mass is 269 g/mol. The zero-order valence-electron chi connectivity index (χ0n) is 11.5. The van der Waals surface area contributed by atoms with E-state index >= 15 is 0 Å². The summed E-state index contributed by atoms with van der Waals surface area (Å²) < 4.78 is 0. The lowest BCUT2D eigenvalue weighted by atomic mass is 10.1. The topological polar surface area (TPSA) is 49.3 Å². The van der Waals surface area contributed by atoms with Gasteiger partial charge in [0.1, 0.15) is 0 Å². The molecule has 1 atom stereocenters. The number of benzene rings is 2. The summed E-state index contributed by atoms with van der Waals surface area (Å²) in [5, 5.41) is 12.1. The minimum absolute atomic E-state index is 0.0741. The molecule has 0 saturated carbocycles. The van der Waals surface area contributed by atoms with Crippen LogP contribution in [0.5, 0.6) is 0 Å². The van der Waals surface area contributed by atoms with Gasteiger partial charge in [0, 0.05) is 17.9 Å². The van der Waals surface area contributed by atoms with E-state index in [2.05, 4.69) is 5.32 Å². The maximum atomic E-state index is 12.2. The third-order valence-corrected chi connectivity index (χ3v) is 3.19. The van der Waals surface area contributed by atoms with Gasteiger partial charge in [0.25, 0.3) is 0 Å². The van der Waals surface area contributed by atoms with Gasteiger partial charge < -0.3 is 10.4 Å². The van der Waals surface area contributed by atoms with Crippen LogP contribution >= 0.6 is 0 Å². The fraction of sp³-hybridized carbons (Fsp3) is 0.235. The van der Waals surface area contributed by atoms with Gasteiger partial charge in [0.15, 0.2) is 5.78 Å². The van der Waals surface area contributed by atoms with Crippen molar-refractivity contribution >= 4 is 11.5 Å². The normalized spacial score (nSPS) is 11.9. The van der Waals surface area contributed by atoms with Crippen molar-refractivity contribution < 1.29 is 9.90 Å². The number of aliphatic hydroxyl groups is 1. The molecule has 0 aliphatic heterocycles. The maximum absolute atomic E-state index is 12.2. The summed E-state index contributed by atoms with van der Waals surface area (Å²) in [6.45, 7) is 2.01. The predicted octanol–water partition coefficient (Wildman–Crippen LogP) is 2.90. The summed E-state index contributed by atoms with van der Waals surface area (Å²) in [4.78, 5) is 12.2. The lowest BCUT2D eigenvalue weighted by Gasteiger charge is -2.14. The lowest BCUT2D eigenvalue weighted by molar-refractivity contribution is 0.0975. The molecule has 0 bridgehead atoms. The van der Waals surface area contributed by atoms with Gasteiger partial charge in [0.05, 0.1) is 6.04 Å². The summed E-state index contributed by atoms with van der Waals surface area (Å²) in [6, 6.07) is 16.8. The highest BCUT2D eigenvalue weighted by Gasteiger charge is 2.14. The van der Waals surface area contributed by atoms with Crippen LogP contribution in [-0.4, -0.2) is 23.5 Å². The molecule has 2 aromatic rings. The second-order valence-corrected chi connectivity index (χ2v) is 4.77. The van der Waals surface area contributed by atoms with Crippen LogP contribution in [0, 0.1) is 0 Å². The molecule has 0 radical (unpaired) electrons. The Morgan fingerprint density at radius 3 is 2.35 bits per heavy atom. The highest BCUT2D eigenvalue weighted by molar-refractivity contribution is 6.01. The number of ketones is 1. The van der Waals surface area contributed by atoms with Gasteiger partial charge in [-0.3, -0.25) is 4.79 Å². The van der Waals surface area contributed by atoms with Gasteiger partial charge in [-0.25, -0.2) is 0 Å². The second-order valence-electron chi connectivity index (χ2n) is 4.77. The summed E-state index contributed by atoms with van der Waals surface area (Å²) >= 11 is 0. The van der Waals surface area contributed by atoms with E-state index in [0.29, 0.717) is 12.0 Å². The molecule has 0 aromatic heterocycles. The van der Waals surface area contributed by atoms with Crippen LogP contribution in [0.1, 0.15) is 22.8 Å². The van der Waals surface area contributed by atoms with Crippen molar-refractivity contribution in [2.24, 2.45) is 0 Å². The van der Waals surface area contributed by atoms with Crippen molar-refractivity contribution in [2.45, 2.75) is 19.4 Å². The molecule has 104 valence electrons. The van der Waals surface area contributed by atoms with E-state index in [0.717, 1.165) is 11.3 Å². The molecule has 2 N–H and O–H groups in total. The molecular formula is C17H19NO2. The number of hydrogen-bond acceptors (Lipinski definition) is 3. The fourth-order valence-electron chi connectivity index (χ4n) is 2.06. The van der Waals surface area contributed by atoms with Gasteiger partial charge in [-0.1, -0.05) is 42.5 Å². The Kier molecular flexibility index (Phi) is 4.91. The van der Waals surface area contributed by atoms with Crippen molar-refractivity contribution in [1.29, 1.82) is 0 Å². The molecule has 3 heteroatoms. The first-order chi connectivity index (χ1) is 9.70. The summed E-state index contributed by atoms with van der Waals surface area (Å²) in [7, 11) is 0. The smallest absolute Gasteiger partial charge is 0.184 e. The molecule has 3 nitrogen and oxygen atoms in total. The zero-order valence-corrected chi connectivity index (χ0v) is 11.5. The van der Waals surface area contributed by atoms with E-state index in [1.807, 2.05) is 61.5 Å². The maximum Gasteiger partial charge on any atom is 0.184 e. The number of hydrogen-bond donors (Lipinski definition) is 2. The Labute approximate surface area is 119 Å². The third-order valence-electron chi connectivity index (χ3n) is 3.19. The summed E-state index contributed by atoms with van der Waals surface area (Å²) in [6.07, 6.45) is 0.652. The third kappa shape index (κ3) is 3.68. The number of nitrogens with one attached hydrogen (secondary N) is 1. The second kappa shape index (κ2) is 6.87. The van der Waals surface area contributed by atoms with E-state index in [4.69, 9.17) is 5.11 Å². The van der Waals surface area contributed by atoms with Crippen molar-refractivity contribution in [3.8, 4) is 0 Å². The standard InChI is InChI=1S/C17H19NO2/c1-13(17(20)15-5-3-2-4-6-15)18-16-9-7-14(8-10-16)11-12-19/h2-10,13,18-19H,11-12H2,1H3.